The van der Waals surface area contributed by atoms with Crippen LogP contribution < -0.4 is 0 Å². The molecule has 0 fully saturated rings. The number of aliphatic hydroxyl groups excluding tert-OH is 1. The van der Waals surface area contributed by atoms with E-state index in [0.29, 0.717) is 31.6 Å². The van der Waals surface area contributed by atoms with Crippen LogP contribution in [-0.4, -0.2) is 96.7 Å². The lowest BCUT2D eigenvalue weighted by Crippen LogP contribution is -2.30. The van der Waals surface area contributed by atoms with Crippen molar-refractivity contribution in [1.82, 2.24) is 0 Å². The lowest BCUT2D eigenvalue weighted by Gasteiger charge is -2.21. The van der Waals surface area contributed by atoms with Crippen LogP contribution in [0.2, 0.25) is 0 Å². The molecule has 0 aliphatic rings. The minimum atomic E-state index is -4.96. The van der Waals surface area contributed by atoms with Gasteiger partial charge in [-0.05, 0) is 69.1 Å². The van der Waals surface area contributed by atoms with E-state index in [1.165, 1.54) is 161 Å². The van der Waals surface area contributed by atoms with Gasteiger partial charge >= 0.3 is 39.5 Å². The first-order valence-electron chi connectivity index (χ1n) is 39.2. The van der Waals surface area contributed by atoms with Gasteiger partial charge < -0.3 is 33.8 Å². The highest BCUT2D eigenvalue weighted by Crippen LogP contribution is 2.45. The van der Waals surface area contributed by atoms with Crippen LogP contribution in [0.25, 0.3) is 0 Å². The van der Waals surface area contributed by atoms with Gasteiger partial charge in [-0.1, -0.05) is 317 Å². The molecule has 0 aliphatic heterocycles. The summed E-state index contributed by atoms with van der Waals surface area (Å²) in [5.74, 6) is 0.109. The van der Waals surface area contributed by atoms with E-state index in [1.807, 2.05) is 0 Å². The Morgan fingerprint density at radius 2 is 0.562 bits per heavy atom. The summed E-state index contributed by atoms with van der Waals surface area (Å²) >= 11 is 0. The van der Waals surface area contributed by atoms with Gasteiger partial charge in [0.25, 0.3) is 0 Å². The molecule has 3 N–H and O–H groups in total. The normalized spacial score (nSPS) is 14.2. The van der Waals surface area contributed by atoms with Gasteiger partial charge in [0, 0.05) is 25.7 Å². The Bertz CT molecular complexity index is 1960. The molecule has 17 nitrogen and oxygen atoms in total. The predicted octanol–water partition coefficient (Wildman–Crippen LogP) is 22.1. The fourth-order valence-electron chi connectivity index (χ4n) is 11.2. The number of carbonyl (C=O) groups is 4. The van der Waals surface area contributed by atoms with Crippen LogP contribution >= 0.6 is 15.6 Å². The first kappa shape index (κ1) is 93.5. The molecule has 0 heterocycles. The van der Waals surface area contributed by atoms with E-state index in [1.54, 1.807) is 0 Å². The zero-order chi connectivity index (χ0) is 70.9. The maximum absolute atomic E-state index is 13.1. The molecule has 5 atom stereocenters. The van der Waals surface area contributed by atoms with Gasteiger partial charge in [0.2, 0.25) is 0 Å². The first-order valence-corrected chi connectivity index (χ1v) is 42.2. The van der Waals surface area contributed by atoms with E-state index < -0.39 is 97.5 Å². The molecule has 0 radical (unpaired) electrons. The second-order valence-electron chi connectivity index (χ2n) is 28.5. The number of hydrogen-bond acceptors (Lipinski definition) is 15. The van der Waals surface area contributed by atoms with Crippen LogP contribution in [0.5, 0.6) is 0 Å². The highest BCUT2D eigenvalue weighted by atomic mass is 31.2. The lowest BCUT2D eigenvalue weighted by molar-refractivity contribution is -0.161. The van der Waals surface area contributed by atoms with Crippen LogP contribution in [0.3, 0.4) is 0 Å². The summed E-state index contributed by atoms with van der Waals surface area (Å²) in [5.41, 5.74) is 0. The third-order valence-electron chi connectivity index (χ3n) is 17.3. The van der Waals surface area contributed by atoms with Crippen molar-refractivity contribution >= 4 is 39.5 Å². The summed E-state index contributed by atoms with van der Waals surface area (Å²) in [6.45, 7) is 11.8. The Morgan fingerprint density at radius 3 is 0.844 bits per heavy atom. The number of carbonyl (C=O) groups excluding carboxylic acids is 4. The van der Waals surface area contributed by atoms with Crippen molar-refractivity contribution < 1.29 is 80.2 Å². The Hall–Kier alpha value is -2.46. The predicted molar refractivity (Wildman–Crippen MR) is 390 cm³/mol. The molecule has 0 aromatic rings. The molecule has 0 rings (SSSR count). The van der Waals surface area contributed by atoms with Gasteiger partial charge in [0.1, 0.15) is 19.3 Å². The Balaban J connectivity index is 5.26. The fraction of sp³-hybridized carbons (Fsp3) is 0.896. The van der Waals surface area contributed by atoms with Gasteiger partial charge in [0.05, 0.1) is 26.4 Å². The molecular weight excluding hydrogens is 1260 g/mol. The molecule has 3 unspecified atom stereocenters. The Labute approximate surface area is 586 Å². The third kappa shape index (κ3) is 70.0. The summed E-state index contributed by atoms with van der Waals surface area (Å²) in [6, 6.07) is 0. The van der Waals surface area contributed by atoms with E-state index in [9.17, 15) is 43.2 Å². The number of phosphoric ester groups is 2. The molecule has 0 spiro atoms. The molecule has 19 heteroatoms. The van der Waals surface area contributed by atoms with Crippen molar-refractivity contribution in [3.63, 3.8) is 0 Å². The number of rotatable bonds is 73. The molecule has 566 valence electrons. The van der Waals surface area contributed by atoms with Crippen LogP contribution in [0.1, 0.15) is 370 Å². The minimum Gasteiger partial charge on any atom is -0.462 e. The monoisotopic (exact) mass is 1410 g/mol. The minimum absolute atomic E-state index is 0.0840. The van der Waals surface area contributed by atoms with E-state index in [2.05, 4.69) is 72.8 Å². The van der Waals surface area contributed by atoms with E-state index in [4.69, 9.17) is 37.0 Å². The Kier molecular flexibility index (Phi) is 65.3. The van der Waals surface area contributed by atoms with Crippen molar-refractivity contribution in [2.75, 3.05) is 39.6 Å². The summed E-state index contributed by atoms with van der Waals surface area (Å²) in [6.07, 6.45) is 56.4. The van der Waals surface area contributed by atoms with Crippen LogP contribution in [0, 0.1) is 17.8 Å². The fourth-order valence-corrected chi connectivity index (χ4v) is 12.8. The highest BCUT2D eigenvalue weighted by molar-refractivity contribution is 7.47. The topological polar surface area (TPSA) is 237 Å². The quantitative estimate of drug-likeness (QED) is 0.0169. The van der Waals surface area contributed by atoms with Crippen LogP contribution in [0.15, 0.2) is 24.3 Å². The van der Waals surface area contributed by atoms with Crippen molar-refractivity contribution in [2.24, 2.45) is 17.8 Å². The van der Waals surface area contributed by atoms with Crippen LogP contribution in [0.4, 0.5) is 0 Å². The number of ether oxygens (including phenoxy) is 4. The first-order chi connectivity index (χ1) is 46.2. The number of unbranched alkanes of at least 4 members (excludes halogenated alkanes) is 38. The smallest absolute Gasteiger partial charge is 0.462 e. The molecule has 0 saturated heterocycles. The highest BCUT2D eigenvalue weighted by Gasteiger charge is 2.30. The second kappa shape index (κ2) is 67.1. The average Bonchev–Trinajstić information content (AvgIpc) is 1.19. The van der Waals surface area contributed by atoms with Gasteiger partial charge in [-0.15, -0.1) is 0 Å². The van der Waals surface area contributed by atoms with Gasteiger partial charge in [-0.25, -0.2) is 9.13 Å². The molecule has 0 bridgehead atoms. The van der Waals surface area contributed by atoms with Gasteiger partial charge in [-0.3, -0.25) is 37.3 Å². The number of allylic oxidation sites excluding steroid dienone is 4. The SMILES string of the molecule is CCCCCC/C=C\C=C/CCCCCCCC(=O)O[C@H](COC(=O)CCCCCCCCCC(C)C)COP(=O)(O)OCC(O)COP(=O)(O)OC[C@@H](COC(=O)CCCCCCCCCCCCCCCCCC(C)C)OC(=O)CCCCCCCCCCCCC(C)C. The second-order valence-corrected chi connectivity index (χ2v) is 31.4. The van der Waals surface area contributed by atoms with E-state index in [-0.39, 0.29) is 25.7 Å². The number of aliphatic hydroxyl groups is 1. The molecule has 0 amide bonds. The molecule has 0 saturated carbocycles. The summed E-state index contributed by atoms with van der Waals surface area (Å²) in [4.78, 5) is 72.8. The Morgan fingerprint density at radius 1 is 0.323 bits per heavy atom. The third-order valence-corrected chi connectivity index (χ3v) is 19.2. The molecule has 96 heavy (non-hydrogen) atoms. The summed E-state index contributed by atoms with van der Waals surface area (Å²) in [7, 11) is -9.93. The maximum atomic E-state index is 13.1. The van der Waals surface area contributed by atoms with E-state index in [0.717, 1.165) is 121 Å². The number of esters is 4. The zero-order valence-electron chi connectivity index (χ0n) is 62.3. The molecule has 0 aromatic heterocycles. The van der Waals surface area contributed by atoms with Crippen molar-refractivity contribution in [2.45, 2.75) is 388 Å². The maximum Gasteiger partial charge on any atom is 0.472 e. The van der Waals surface area contributed by atoms with Crippen LogP contribution in [-0.2, 0) is 65.4 Å². The zero-order valence-corrected chi connectivity index (χ0v) is 64.1. The molecule has 0 aromatic carbocycles. The van der Waals surface area contributed by atoms with Crippen molar-refractivity contribution in [3.8, 4) is 0 Å². The number of phosphoric acid groups is 2. The average molecular weight is 1410 g/mol. The number of hydrogen-bond donors (Lipinski definition) is 3. The van der Waals surface area contributed by atoms with E-state index >= 15 is 0 Å². The molecular formula is C77H146O17P2. The van der Waals surface area contributed by atoms with Crippen molar-refractivity contribution in [3.05, 3.63) is 24.3 Å². The van der Waals surface area contributed by atoms with Crippen molar-refractivity contribution in [1.29, 1.82) is 0 Å². The lowest BCUT2D eigenvalue weighted by atomic mass is 10.0. The van der Waals surface area contributed by atoms with Gasteiger partial charge in [0.15, 0.2) is 12.2 Å². The largest absolute Gasteiger partial charge is 0.472 e. The van der Waals surface area contributed by atoms with Gasteiger partial charge in [-0.2, -0.15) is 0 Å². The summed E-state index contributed by atoms with van der Waals surface area (Å²) in [5, 5.41) is 10.6. The molecule has 0 aliphatic carbocycles. The standard InChI is InChI=1S/C77H146O17P2/c1-8-9-10-11-12-13-14-15-17-22-25-31-38-46-53-60-76(81)94-73(65-88-75(80)59-52-45-40-33-36-43-50-57-70(6)7)67-92-96(85,86)90-63-71(78)62-89-95(83,84)91-66-72(93-77(82)61-54-47-39-32-27-26-29-35-42-49-56-69(4)5)64-87-74(79)58-51-44-37-30-24-21-19-16-18-20-23-28-34-41-48-55-68(2)3/h13-15,17,68-73,78H,8-12,16,18-67H2,1-7H3,(H,83,84)(H,85,86)/b14-13-,17-15-/t71?,72-,73-/m1/s1. The summed E-state index contributed by atoms with van der Waals surface area (Å²) < 4.78 is 68.5.